The van der Waals surface area contributed by atoms with Crippen LogP contribution in [0.2, 0.25) is 0 Å². The molecule has 126 valence electrons. The molecule has 0 bridgehead atoms. The first-order chi connectivity index (χ1) is 10.5. The number of hydrogen-bond acceptors (Lipinski definition) is 4. The molecule has 6 heteroatoms. The number of rotatable bonds is 6. The number of aryl methyl sites for hydroxylation is 3. The molecule has 0 aliphatic carbocycles. The second-order valence-electron chi connectivity index (χ2n) is 5.30. The van der Waals surface area contributed by atoms with Gasteiger partial charge in [-0.1, -0.05) is 0 Å². The molecule has 0 unspecified atom stereocenters. The molecule has 23 heavy (non-hydrogen) atoms. The lowest BCUT2D eigenvalue weighted by molar-refractivity contribution is -0.116. The highest BCUT2D eigenvalue weighted by Crippen LogP contribution is 2.25. The van der Waals surface area contributed by atoms with Gasteiger partial charge in [-0.3, -0.25) is 4.79 Å². The number of thiophene rings is 1. The second-order valence-corrected chi connectivity index (χ2v) is 6.76. The standard InChI is InChI=1S/C17H22N2O2S.ClH/c1-11-9-13(12(2)22-11)5-4-6-17(20)19-14-7-8-16(21-3)15(18)10-14;/h7-10H,4-6,18H2,1-3H3,(H,19,20);1H. The molecule has 0 fully saturated rings. The van der Waals surface area contributed by atoms with Crippen LogP contribution < -0.4 is 15.8 Å². The SMILES string of the molecule is COc1ccc(NC(=O)CCCc2cc(C)sc2C)cc1N.Cl. The molecule has 3 N–H and O–H groups in total. The number of benzene rings is 1. The van der Waals surface area contributed by atoms with Gasteiger partial charge in [-0.15, -0.1) is 23.7 Å². The zero-order valence-corrected chi connectivity index (χ0v) is 15.3. The summed E-state index contributed by atoms with van der Waals surface area (Å²) in [5.41, 5.74) is 8.40. The van der Waals surface area contributed by atoms with Gasteiger partial charge in [0.2, 0.25) is 5.91 Å². The summed E-state index contributed by atoms with van der Waals surface area (Å²) in [4.78, 5) is 14.7. The number of anilines is 2. The molecule has 1 aromatic heterocycles. The minimum Gasteiger partial charge on any atom is -0.495 e. The molecule has 1 heterocycles. The number of nitrogens with one attached hydrogen (secondary N) is 1. The lowest BCUT2D eigenvalue weighted by Gasteiger charge is -2.08. The van der Waals surface area contributed by atoms with Gasteiger partial charge in [0.15, 0.2) is 0 Å². The van der Waals surface area contributed by atoms with E-state index in [1.54, 1.807) is 25.3 Å². The molecule has 0 saturated carbocycles. The average molecular weight is 355 g/mol. The van der Waals surface area contributed by atoms with E-state index in [9.17, 15) is 4.79 Å². The lowest BCUT2D eigenvalue weighted by atomic mass is 10.1. The quantitative estimate of drug-likeness (QED) is 0.758. The molecule has 0 aliphatic rings. The van der Waals surface area contributed by atoms with Crippen LogP contribution in [0.25, 0.3) is 0 Å². The van der Waals surface area contributed by atoms with Crippen LogP contribution in [0.15, 0.2) is 24.3 Å². The molecule has 4 nitrogen and oxygen atoms in total. The summed E-state index contributed by atoms with van der Waals surface area (Å²) in [6, 6.07) is 7.47. The topological polar surface area (TPSA) is 64.3 Å². The van der Waals surface area contributed by atoms with Crippen LogP contribution in [0.3, 0.4) is 0 Å². The second kappa shape index (κ2) is 8.79. The van der Waals surface area contributed by atoms with E-state index in [1.165, 1.54) is 15.3 Å². The summed E-state index contributed by atoms with van der Waals surface area (Å²) < 4.78 is 5.10. The van der Waals surface area contributed by atoms with Crippen molar-refractivity contribution in [3.63, 3.8) is 0 Å². The van der Waals surface area contributed by atoms with Crippen LogP contribution in [0.4, 0.5) is 11.4 Å². The highest BCUT2D eigenvalue weighted by molar-refractivity contribution is 7.12. The van der Waals surface area contributed by atoms with Gasteiger partial charge in [-0.25, -0.2) is 0 Å². The summed E-state index contributed by atoms with van der Waals surface area (Å²) in [5.74, 6) is 0.621. The number of nitrogen functional groups attached to an aromatic ring is 1. The van der Waals surface area contributed by atoms with E-state index >= 15 is 0 Å². The number of carbonyl (C=O) groups is 1. The number of amides is 1. The summed E-state index contributed by atoms with van der Waals surface area (Å²) in [5, 5.41) is 2.87. The predicted octanol–water partition coefficient (Wildman–Crippen LogP) is 4.34. The van der Waals surface area contributed by atoms with Crippen LogP contribution in [0.5, 0.6) is 5.75 Å². The van der Waals surface area contributed by atoms with Crippen molar-refractivity contribution < 1.29 is 9.53 Å². The Hall–Kier alpha value is -1.72. The van der Waals surface area contributed by atoms with Crippen LogP contribution in [-0.4, -0.2) is 13.0 Å². The smallest absolute Gasteiger partial charge is 0.224 e. The molecule has 0 aliphatic heterocycles. The maximum absolute atomic E-state index is 12.0. The van der Waals surface area contributed by atoms with Gasteiger partial charge >= 0.3 is 0 Å². The minimum absolute atomic E-state index is 0. The fraction of sp³-hybridized carbons (Fsp3) is 0.353. The van der Waals surface area contributed by atoms with Gasteiger partial charge in [0, 0.05) is 21.9 Å². The fourth-order valence-corrected chi connectivity index (χ4v) is 3.38. The molecule has 0 spiro atoms. The molecule has 1 amide bonds. The van der Waals surface area contributed by atoms with Crippen molar-refractivity contribution in [2.75, 3.05) is 18.2 Å². The number of halogens is 1. The third kappa shape index (κ3) is 5.44. The highest BCUT2D eigenvalue weighted by Gasteiger charge is 2.07. The van der Waals surface area contributed by atoms with Gasteiger partial charge < -0.3 is 15.8 Å². The summed E-state index contributed by atoms with van der Waals surface area (Å²) in [7, 11) is 1.57. The first-order valence-corrected chi connectivity index (χ1v) is 8.10. The van der Waals surface area contributed by atoms with E-state index in [4.69, 9.17) is 10.5 Å². The predicted molar refractivity (Wildman–Crippen MR) is 100 cm³/mol. The van der Waals surface area contributed by atoms with E-state index in [0.29, 0.717) is 23.5 Å². The largest absolute Gasteiger partial charge is 0.495 e. The number of methoxy groups -OCH3 is 1. The lowest BCUT2D eigenvalue weighted by Crippen LogP contribution is -2.11. The molecule has 0 radical (unpaired) electrons. The van der Waals surface area contributed by atoms with Crippen molar-refractivity contribution in [1.29, 1.82) is 0 Å². The minimum atomic E-state index is 0. The Bertz CT molecular complexity index is 671. The maximum atomic E-state index is 12.0. The van der Waals surface area contributed by atoms with Crippen LogP contribution in [0.1, 0.15) is 28.2 Å². The molecular weight excluding hydrogens is 332 g/mol. The Morgan fingerprint density at radius 3 is 2.61 bits per heavy atom. The zero-order chi connectivity index (χ0) is 16.1. The van der Waals surface area contributed by atoms with Gasteiger partial charge in [-0.2, -0.15) is 0 Å². The molecule has 1 aromatic carbocycles. The van der Waals surface area contributed by atoms with Gasteiger partial charge in [-0.05, 0) is 56.5 Å². The number of ether oxygens (including phenoxy) is 1. The van der Waals surface area contributed by atoms with E-state index in [0.717, 1.165) is 12.8 Å². The molecule has 2 rings (SSSR count). The zero-order valence-electron chi connectivity index (χ0n) is 13.6. The maximum Gasteiger partial charge on any atom is 0.224 e. The fourth-order valence-electron chi connectivity index (χ4n) is 2.41. The normalized spacial score (nSPS) is 10.0. The van der Waals surface area contributed by atoms with Crippen molar-refractivity contribution in [1.82, 2.24) is 0 Å². The Morgan fingerprint density at radius 1 is 1.30 bits per heavy atom. The first-order valence-electron chi connectivity index (χ1n) is 7.29. The third-order valence-electron chi connectivity index (χ3n) is 3.51. The van der Waals surface area contributed by atoms with Crippen LogP contribution in [-0.2, 0) is 11.2 Å². The van der Waals surface area contributed by atoms with Crippen molar-refractivity contribution in [3.8, 4) is 5.75 Å². The van der Waals surface area contributed by atoms with E-state index < -0.39 is 0 Å². The van der Waals surface area contributed by atoms with Gasteiger partial charge in [0.1, 0.15) is 5.75 Å². The van der Waals surface area contributed by atoms with Crippen LogP contribution >= 0.6 is 23.7 Å². The molecule has 0 saturated heterocycles. The third-order valence-corrected chi connectivity index (χ3v) is 4.52. The number of nitrogens with two attached hydrogens (primary N) is 1. The highest BCUT2D eigenvalue weighted by atomic mass is 35.5. The van der Waals surface area contributed by atoms with Crippen molar-refractivity contribution >= 4 is 41.0 Å². The van der Waals surface area contributed by atoms with Crippen molar-refractivity contribution in [2.45, 2.75) is 33.1 Å². The molecule has 2 aromatic rings. The Kier molecular flexibility index (Phi) is 7.39. The first kappa shape index (κ1) is 19.3. The summed E-state index contributed by atoms with van der Waals surface area (Å²) in [6.45, 7) is 4.25. The Balaban J connectivity index is 0.00000264. The van der Waals surface area contributed by atoms with Gasteiger partial charge in [0.25, 0.3) is 0 Å². The number of carbonyl (C=O) groups excluding carboxylic acids is 1. The summed E-state index contributed by atoms with van der Waals surface area (Å²) in [6.07, 6.45) is 2.28. The van der Waals surface area contributed by atoms with E-state index in [1.807, 2.05) is 11.3 Å². The van der Waals surface area contributed by atoms with E-state index in [-0.39, 0.29) is 18.3 Å². The Morgan fingerprint density at radius 2 is 2.04 bits per heavy atom. The Labute approximate surface area is 147 Å². The monoisotopic (exact) mass is 354 g/mol. The van der Waals surface area contributed by atoms with E-state index in [2.05, 4.69) is 25.2 Å². The van der Waals surface area contributed by atoms with Gasteiger partial charge in [0.05, 0.1) is 12.8 Å². The summed E-state index contributed by atoms with van der Waals surface area (Å²) >= 11 is 1.81. The average Bonchev–Trinajstić information content (AvgIpc) is 2.77. The van der Waals surface area contributed by atoms with Crippen LogP contribution in [0, 0.1) is 13.8 Å². The molecular formula is C17H23ClN2O2S. The van der Waals surface area contributed by atoms with Crippen molar-refractivity contribution in [2.24, 2.45) is 0 Å². The molecule has 0 atom stereocenters. The number of hydrogen-bond donors (Lipinski definition) is 2. The van der Waals surface area contributed by atoms with Crippen molar-refractivity contribution in [3.05, 3.63) is 39.6 Å².